The van der Waals surface area contributed by atoms with Crippen molar-refractivity contribution in [3.63, 3.8) is 0 Å². The molecule has 1 aromatic carbocycles. The minimum Gasteiger partial charge on any atom is -0.487 e. The number of carboxylic acid groups (broad SMARTS) is 1. The van der Waals surface area contributed by atoms with E-state index in [4.69, 9.17) is 4.74 Å². The van der Waals surface area contributed by atoms with Crippen LogP contribution in [0.25, 0.3) is 0 Å². The van der Waals surface area contributed by atoms with Crippen LogP contribution in [-0.4, -0.2) is 28.0 Å². The summed E-state index contributed by atoms with van der Waals surface area (Å²) in [6, 6.07) is 5.77. The molecule has 0 saturated heterocycles. The highest BCUT2D eigenvalue weighted by atomic mass is 32.1. The Balaban J connectivity index is 2.03. The first-order valence-electron chi connectivity index (χ1n) is 8.08. The molecule has 0 saturated carbocycles. The predicted molar refractivity (Wildman–Crippen MR) is 96.0 cm³/mol. The fourth-order valence-corrected chi connectivity index (χ4v) is 2.86. The third-order valence-electron chi connectivity index (χ3n) is 3.92. The minimum atomic E-state index is -1.03. The average molecular weight is 362 g/mol. The van der Waals surface area contributed by atoms with Crippen molar-refractivity contribution >= 4 is 23.2 Å². The number of rotatable bonds is 8. The van der Waals surface area contributed by atoms with Crippen molar-refractivity contribution < 1.29 is 19.4 Å². The molecule has 6 nitrogen and oxygen atoms in total. The van der Waals surface area contributed by atoms with Crippen molar-refractivity contribution in [3.8, 4) is 5.75 Å². The van der Waals surface area contributed by atoms with Gasteiger partial charge in [-0.15, -0.1) is 11.3 Å². The van der Waals surface area contributed by atoms with E-state index in [2.05, 4.69) is 10.3 Å². The van der Waals surface area contributed by atoms with Gasteiger partial charge >= 0.3 is 5.97 Å². The molecule has 0 aliphatic heterocycles. The zero-order valence-electron chi connectivity index (χ0n) is 14.5. The topological polar surface area (TPSA) is 88.5 Å². The van der Waals surface area contributed by atoms with Gasteiger partial charge in [0.25, 0.3) is 5.91 Å². The Morgan fingerprint density at radius 3 is 2.76 bits per heavy atom. The standard InChI is InChI=1S/C18H22N2O4S/c1-4-11(2)16(18(22)23)20-17(21)13-6-5-7-15(8-13)24-9-14-10-25-12(3)19-14/h5-8,10-11,16H,4,9H2,1-3H3,(H,20,21)(H,22,23)/t11-,16-/m0/s1. The van der Waals surface area contributed by atoms with Gasteiger partial charge in [0, 0.05) is 10.9 Å². The number of carbonyl (C=O) groups is 2. The number of nitrogens with zero attached hydrogens (tertiary/aromatic N) is 1. The van der Waals surface area contributed by atoms with Gasteiger partial charge in [-0.2, -0.15) is 0 Å². The highest BCUT2D eigenvalue weighted by molar-refractivity contribution is 7.09. The van der Waals surface area contributed by atoms with E-state index in [9.17, 15) is 14.7 Å². The quantitative estimate of drug-likeness (QED) is 0.752. The van der Waals surface area contributed by atoms with Crippen LogP contribution >= 0.6 is 11.3 Å². The molecular weight excluding hydrogens is 340 g/mol. The maximum atomic E-state index is 12.4. The Hall–Kier alpha value is -2.41. The zero-order chi connectivity index (χ0) is 18.4. The average Bonchev–Trinajstić information content (AvgIpc) is 3.02. The summed E-state index contributed by atoms with van der Waals surface area (Å²) in [5.41, 5.74) is 1.20. The van der Waals surface area contributed by atoms with Crippen molar-refractivity contribution in [3.05, 3.63) is 45.9 Å². The number of aromatic nitrogens is 1. The molecule has 2 N–H and O–H groups in total. The largest absolute Gasteiger partial charge is 0.487 e. The van der Waals surface area contributed by atoms with Crippen LogP contribution in [0.4, 0.5) is 0 Å². The van der Waals surface area contributed by atoms with Gasteiger partial charge in [0.15, 0.2) is 0 Å². The number of aryl methyl sites for hydroxylation is 1. The SMILES string of the molecule is CC[C@H](C)[C@H](NC(=O)c1cccc(OCc2csc(C)n2)c1)C(=O)O. The lowest BCUT2D eigenvalue weighted by Crippen LogP contribution is -2.45. The molecule has 0 radical (unpaired) electrons. The molecule has 1 aromatic heterocycles. The van der Waals surface area contributed by atoms with Crippen LogP contribution in [-0.2, 0) is 11.4 Å². The molecule has 2 rings (SSSR count). The molecule has 1 amide bonds. The predicted octanol–water partition coefficient (Wildman–Crippen LogP) is 3.26. The number of ether oxygens (including phenoxy) is 1. The first-order valence-corrected chi connectivity index (χ1v) is 8.96. The third kappa shape index (κ3) is 5.29. The number of nitrogens with one attached hydrogen (secondary N) is 1. The second kappa shape index (κ2) is 8.62. The monoisotopic (exact) mass is 362 g/mol. The van der Waals surface area contributed by atoms with Gasteiger partial charge in [0.2, 0.25) is 0 Å². The van der Waals surface area contributed by atoms with Gasteiger partial charge in [-0.1, -0.05) is 26.3 Å². The summed E-state index contributed by atoms with van der Waals surface area (Å²) in [7, 11) is 0. The van der Waals surface area contributed by atoms with Crippen molar-refractivity contribution in [2.24, 2.45) is 5.92 Å². The van der Waals surface area contributed by atoms with Gasteiger partial charge in [0.1, 0.15) is 18.4 Å². The summed E-state index contributed by atoms with van der Waals surface area (Å²) in [6.07, 6.45) is 0.660. The van der Waals surface area contributed by atoms with Gasteiger partial charge in [-0.3, -0.25) is 4.79 Å². The van der Waals surface area contributed by atoms with E-state index in [1.165, 1.54) is 0 Å². The number of amides is 1. The molecule has 25 heavy (non-hydrogen) atoms. The molecule has 2 aromatic rings. The number of carboxylic acids is 1. The second-order valence-corrected chi connectivity index (χ2v) is 6.91. The number of thiazole rings is 1. The Bertz CT molecular complexity index is 744. The molecule has 0 fully saturated rings. The molecule has 0 spiro atoms. The Morgan fingerprint density at radius 1 is 1.40 bits per heavy atom. The summed E-state index contributed by atoms with van der Waals surface area (Å²) < 4.78 is 5.67. The molecule has 0 aliphatic rings. The van der Waals surface area contributed by atoms with Crippen molar-refractivity contribution in [1.29, 1.82) is 0 Å². The summed E-state index contributed by atoms with van der Waals surface area (Å²) in [5.74, 6) is -1.08. The van der Waals surface area contributed by atoms with Crippen LogP contribution in [0.1, 0.15) is 41.3 Å². The fourth-order valence-electron chi connectivity index (χ4n) is 2.27. The van der Waals surface area contributed by atoms with Crippen LogP contribution in [0.5, 0.6) is 5.75 Å². The molecule has 2 atom stereocenters. The van der Waals surface area contributed by atoms with E-state index in [1.54, 1.807) is 42.5 Å². The van der Waals surface area contributed by atoms with E-state index < -0.39 is 17.9 Å². The maximum Gasteiger partial charge on any atom is 0.326 e. The number of aliphatic carboxylic acids is 1. The lowest BCUT2D eigenvalue weighted by Gasteiger charge is -2.20. The van der Waals surface area contributed by atoms with E-state index in [0.717, 1.165) is 10.7 Å². The Morgan fingerprint density at radius 2 is 2.16 bits per heavy atom. The zero-order valence-corrected chi connectivity index (χ0v) is 15.3. The van der Waals surface area contributed by atoms with Crippen LogP contribution in [0.15, 0.2) is 29.6 Å². The third-order valence-corrected chi connectivity index (χ3v) is 4.74. The highest BCUT2D eigenvalue weighted by Crippen LogP contribution is 2.17. The van der Waals surface area contributed by atoms with Gasteiger partial charge < -0.3 is 15.2 Å². The van der Waals surface area contributed by atoms with E-state index >= 15 is 0 Å². The summed E-state index contributed by atoms with van der Waals surface area (Å²) in [5, 5.41) is 14.8. The smallest absolute Gasteiger partial charge is 0.326 e. The normalized spacial score (nSPS) is 13.1. The lowest BCUT2D eigenvalue weighted by atomic mass is 9.99. The van der Waals surface area contributed by atoms with Gasteiger partial charge in [0.05, 0.1) is 10.7 Å². The van der Waals surface area contributed by atoms with Crippen molar-refractivity contribution in [1.82, 2.24) is 10.3 Å². The molecule has 7 heteroatoms. The maximum absolute atomic E-state index is 12.4. The summed E-state index contributed by atoms with van der Waals surface area (Å²) in [4.78, 5) is 28.0. The molecule has 0 unspecified atom stereocenters. The second-order valence-electron chi connectivity index (χ2n) is 5.85. The first-order chi connectivity index (χ1) is 11.9. The molecule has 134 valence electrons. The first kappa shape index (κ1) is 18.9. The van der Waals surface area contributed by atoms with Gasteiger partial charge in [-0.05, 0) is 31.0 Å². The number of hydrogen-bond donors (Lipinski definition) is 2. The number of carbonyl (C=O) groups excluding carboxylic acids is 1. The van der Waals surface area contributed by atoms with E-state index in [1.807, 2.05) is 19.2 Å². The minimum absolute atomic E-state index is 0.159. The van der Waals surface area contributed by atoms with Crippen LogP contribution in [0.2, 0.25) is 0 Å². The Kier molecular flexibility index (Phi) is 6.52. The lowest BCUT2D eigenvalue weighted by molar-refractivity contribution is -0.140. The van der Waals surface area contributed by atoms with Gasteiger partial charge in [-0.25, -0.2) is 9.78 Å². The summed E-state index contributed by atoms with van der Waals surface area (Å²) >= 11 is 1.55. The van der Waals surface area contributed by atoms with Crippen LogP contribution in [0, 0.1) is 12.8 Å². The van der Waals surface area contributed by atoms with Crippen LogP contribution < -0.4 is 10.1 Å². The molecule has 0 bridgehead atoms. The highest BCUT2D eigenvalue weighted by Gasteiger charge is 2.25. The van der Waals surface area contributed by atoms with E-state index in [-0.39, 0.29) is 5.92 Å². The van der Waals surface area contributed by atoms with E-state index in [0.29, 0.717) is 24.3 Å². The fraction of sp³-hybridized carbons (Fsp3) is 0.389. The van der Waals surface area contributed by atoms with Crippen LogP contribution in [0.3, 0.4) is 0 Å². The Labute approximate surface area is 150 Å². The van der Waals surface area contributed by atoms with Crippen molar-refractivity contribution in [2.75, 3.05) is 0 Å². The molecular formula is C18H22N2O4S. The van der Waals surface area contributed by atoms with Crippen molar-refractivity contribution in [2.45, 2.75) is 39.8 Å². The number of hydrogen-bond acceptors (Lipinski definition) is 5. The number of benzene rings is 1. The summed E-state index contributed by atoms with van der Waals surface area (Å²) in [6.45, 7) is 5.94. The molecule has 0 aliphatic carbocycles. The molecule has 1 heterocycles.